The van der Waals surface area contributed by atoms with Crippen LogP contribution in [0.4, 0.5) is 11.4 Å². The average Bonchev–Trinajstić information content (AvgIpc) is 2.75. The molecule has 2 aliphatic heterocycles. The molecule has 128 valence electrons. The van der Waals surface area contributed by atoms with Gasteiger partial charge in [-0.1, -0.05) is 6.07 Å². The summed E-state index contributed by atoms with van der Waals surface area (Å²) in [6.07, 6.45) is 3.16. The lowest BCUT2D eigenvalue weighted by atomic mass is 9.86. The Morgan fingerprint density at radius 3 is 2.60 bits per heavy atom. The standard InChI is InChI=1S/C19H19N3O3/c1-19(2)15-4-3-13(21-17(23)12-5-7-20-8-6-12)9-16(15)22(18(19)24)14-10-25-11-14/h3-9,14H,10-11H2,1-2H3,(H,21,23). The fraction of sp³-hybridized carbons (Fsp3) is 0.316. The number of carbonyl (C=O) groups excluding carboxylic acids is 2. The number of rotatable bonds is 3. The van der Waals surface area contributed by atoms with Gasteiger partial charge in [-0.3, -0.25) is 14.6 Å². The lowest BCUT2D eigenvalue weighted by Crippen LogP contribution is -2.52. The molecule has 6 heteroatoms. The van der Waals surface area contributed by atoms with E-state index in [1.807, 2.05) is 36.9 Å². The highest BCUT2D eigenvalue weighted by atomic mass is 16.5. The molecular weight excluding hydrogens is 318 g/mol. The molecule has 1 aromatic heterocycles. The summed E-state index contributed by atoms with van der Waals surface area (Å²) in [5.41, 5.74) is 2.47. The maximum atomic E-state index is 12.8. The van der Waals surface area contributed by atoms with Crippen LogP contribution in [0.1, 0.15) is 29.8 Å². The summed E-state index contributed by atoms with van der Waals surface area (Å²) in [6, 6.07) is 9.03. The van der Waals surface area contributed by atoms with E-state index in [1.165, 1.54) is 0 Å². The van der Waals surface area contributed by atoms with E-state index < -0.39 is 5.41 Å². The third kappa shape index (κ3) is 2.49. The van der Waals surface area contributed by atoms with E-state index in [4.69, 9.17) is 4.74 Å². The number of pyridine rings is 1. The molecule has 1 aromatic carbocycles. The Balaban J connectivity index is 1.66. The first kappa shape index (κ1) is 15.8. The highest BCUT2D eigenvalue weighted by Crippen LogP contribution is 2.44. The fourth-order valence-electron chi connectivity index (χ4n) is 3.30. The molecule has 25 heavy (non-hydrogen) atoms. The molecule has 0 spiro atoms. The molecule has 1 fully saturated rings. The molecule has 0 saturated carbocycles. The van der Waals surface area contributed by atoms with Crippen LogP contribution in [0.3, 0.4) is 0 Å². The molecule has 0 aliphatic carbocycles. The average molecular weight is 337 g/mol. The van der Waals surface area contributed by atoms with Crippen LogP contribution in [0.2, 0.25) is 0 Å². The van der Waals surface area contributed by atoms with Gasteiger partial charge in [-0.05, 0) is 43.7 Å². The van der Waals surface area contributed by atoms with Gasteiger partial charge < -0.3 is 15.0 Å². The molecule has 2 aromatic rings. The SMILES string of the molecule is CC1(C)C(=O)N(C2COC2)c2cc(NC(=O)c3ccncc3)ccc21. The minimum atomic E-state index is -0.571. The maximum Gasteiger partial charge on any atom is 0.255 e. The summed E-state index contributed by atoms with van der Waals surface area (Å²) in [5, 5.41) is 2.89. The maximum absolute atomic E-state index is 12.8. The molecule has 2 amide bonds. The Morgan fingerprint density at radius 1 is 1.24 bits per heavy atom. The van der Waals surface area contributed by atoms with E-state index in [-0.39, 0.29) is 17.9 Å². The zero-order valence-corrected chi connectivity index (χ0v) is 14.2. The number of ether oxygens (including phenoxy) is 1. The van der Waals surface area contributed by atoms with Crippen molar-refractivity contribution in [1.29, 1.82) is 0 Å². The van der Waals surface area contributed by atoms with Crippen LogP contribution >= 0.6 is 0 Å². The Labute approximate surface area is 145 Å². The van der Waals surface area contributed by atoms with Crippen molar-refractivity contribution >= 4 is 23.2 Å². The van der Waals surface area contributed by atoms with Crippen molar-refractivity contribution in [1.82, 2.24) is 4.98 Å². The van der Waals surface area contributed by atoms with Gasteiger partial charge in [-0.2, -0.15) is 0 Å². The predicted octanol–water partition coefficient (Wildman–Crippen LogP) is 2.36. The van der Waals surface area contributed by atoms with Crippen molar-refractivity contribution in [3.05, 3.63) is 53.9 Å². The van der Waals surface area contributed by atoms with Gasteiger partial charge in [0.05, 0.1) is 30.4 Å². The van der Waals surface area contributed by atoms with Gasteiger partial charge in [-0.15, -0.1) is 0 Å². The number of fused-ring (bicyclic) bond motifs is 1. The van der Waals surface area contributed by atoms with E-state index in [0.717, 1.165) is 11.3 Å². The number of aromatic nitrogens is 1. The number of hydrogen-bond donors (Lipinski definition) is 1. The van der Waals surface area contributed by atoms with Gasteiger partial charge in [-0.25, -0.2) is 0 Å². The largest absolute Gasteiger partial charge is 0.377 e. The molecular formula is C19H19N3O3. The quantitative estimate of drug-likeness (QED) is 0.933. The lowest BCUT2D eigenvalue weighted by molar-refractivity contribution is -0.124. The van der Waals surface area contributed by atoms with E-state index >= 15 is 0 Å². The summed E-state index contributed by atoms with van der Waals surface area (Å²) < 4.78 is 5.26. The first-order valence-electron chi connectivity index (χ1n) is 8.26. The van der Waals surface area contributed by atoms with Crippen molar-refractivity contribution in [2.45, 2.75) is 25.3 Å². The summed E-state index contributed by atoms with van der Waals surface area (Å²) in [5.74, 6) is -0.127. The highest BCUT2D eigenvalue weighted by molar-refractivity contribution is 6.10. The highest BCUT2D eigenvalue weighted by Gasteiger charge is 2.48. The van der Waals surface area contributed by atoms with Crippen molar-refractivity contribution in [2.24, 2.45) is 0 Å². The monoisotopic (exact) mass is 337 g/mol. The third-order valence-corrected chi connectivity index (χ3v) is 4.87. The Hall–Kier alpha value is -2.73. The van der Waals surface area contributed by atoms with E-state index in [9.17, 15) is 9.59 Å². The summed E-state index contributed by atoms with van der Waals surface area (Å²) in [6.45, 7) is 4.97. The molecule has 1 N–H and O–H groups in total. The Bertz CT molecular complexity index is 844. The molecule has 0 bridgehead atoms. The summed E-state index contributed by atoms with van der Waals surface area (Å²) >= 11 is 0. The van der Waals surface area contributed by atoms with Crippen LogP contribution in [-0.4, -0.2) is 36.1 Å². The Morgan fingerprint density at radius 2 is 1.96 bits per heavy atom. The predicted molar refractivity (Wildman–Crippen MR) is 93.8 cm³/mol. The first-order chi connectivity index (χ1) is 12.0. The molecule has 0 atom stereocenters. The van der Waals surface area contributed by atoms with Crippen LogP contribution in [0, 0.1) is 0 Å². The number of benzene rings is 1. The van der Waals surface area contributed by atoms with Crippen LogP contribution in [0.5, 0.6) is 0 Å². The van der Waals surface area contributed by atoms with Crippen LogP contribution in [0.25, 0.3) is 0 Å². The van der Waals surface area contributed by atoms with E-state index in [1.54, 1.807) is 24.5 Å². The normalized spacial score (nSPS) is 18.6. The van der Waals surface area contributed by atoms with Crippen molar-refractivity contribution in [2.75, 3.05) is 23.4 Å². The summed E-state index contributed by atoms with van der Waals surface area (Å²) in [7, 11) is 0. The molecule has 4 rings (SSSR count). The van der Waals surface area contributed by atoms with Crippen molar-refractivity contribution in [3.63, 3.8) is 0 Å². The van der Waals surface area contributed by atoms with Crippen LogP contribution < -0.4 is 10.2 Å². The van der Waals surface area contributed by atoms with Gasteiger partial charge >= 0.3 is 0 Å². The van der Waals surface area contributed by atoms with E-state index in [2.05, 4.69) is 10.3 Å². The van der Waals surface area contributed by atoms with Gasteiger partial charge in [0.1, 0.15) is 0 Å². The number of anilines is 2. The zero-order valence-electron chi connectivity index (χ0n) is 14.2. The zero-order chi connectivity index (χ0) is 17.6. The number of carbonyl (C=O) groups is 2. The second kappa shape index (κ2) is 5.67. The molecule has 2 aliphatic rings. The minimum Gasteiger partial charge on any atom is -0.377 e. The second-order valence-corrected chi connectivity index (χ2v) is 6.91. The minimum absolute atomic E-state index is 0.0687. The van der Waals surface area contributed by atoms with Gasteiger partial charge in [0.15, 0.2) is 0 Å². The van der Waals surface area contributed by atoms with Gasteiger partial charge in [0.2, 0.25) is 5.91 Å². The number of nitrogens with zero attached hydrogens (tertiary/aromatic N) is 2. The number of nitrogens with one attached hydrogen (secondary N) is 1. The number of amides is 2. The van der Waals surface area contributed by atoms with E-state index in [0.29, 0.717) is 24.5 Å². The van der Waals surface area contributed by atoms with Crippen LogP contribution in [-0.2, 0) is 14.9 Å². The third-order valence-electron chi connectivity index (χ3n) is 4.87. The van der Waals surface area contributed by atoms with Crippen LogP contribution in [0.15, 0.2) is 42.7 Å². The molecule has 1 saturated heterocycles. The fourth-order valence-corrected chi connectivity index (χ4v) is 3.30. The number of hydrogen-bond acceptors (Lipinski definition) is 4. The molecule has 3 heterocycles. The van der Waals surface area contributed by atoms with Crippen molar-refractivity contribution in [3.8, 4) is 0 Å². The lowest BCUT2D eigenvalue weighted by Gasteiger charge is -2.35. The summed E-state index contributed by atoms with van der Waals surface area (Å²) in [4.78, 5) is 30.9. The van der Waals surface area contributed by atoms with Gasteiger partial charge in [0.25, 0.3) is 5.91 Å². The molecule has 0 radical (unpaired) electrons. The van der Waals surface area contributed by atoms with Crippen molar-refractivity contribution < 1.29 is 14.3 Å². The molecule has 0 unspecified atom stereocenters. The second-order valence-electron chi connectivity index (χ2n) is 6.91. The smallest absolute Gasteiger partial charge is 0.255 e. The van der Waals surface area contributed by atoms with Gasteiger partial charge in [0, 0.05) is 23.6 Å². The topological polar surface area (TPSA) is 71.5 Å². The Kier molecular flexibility index (Phi) is 3.58. The molecule has 6 nitrogen and oxygen atoms in total. The first-order valence-corrected chi connectivity index (χ1v) is 8.26.